The van der Waals surface area contributed by atoms with Gasteiger partial charge >= 0.3 is 0 Å². The van der Waals surface area contributed by atoms with Crippen LogP contribution in [0, 0.1) is 20.2 Å². The lowest BCUT2D eigenvalue weighted by atomic mass is 10.2. The second kappa shape index (κ2) is 8.00. The Balaban J connectivity index is 4.24. The summed E-state index contributed by atoms with van der Waals surface area (Å²) in [5.74, 6) is -1.08. The zero-order valence-electron chi connectivity index (χ0n) is 11.8. The highest BCUT2D eigenvalue weighted by Gasteiger charge is 2.28. The van der Waals surface area contributed by atoms with E-state index in [-0.39, 0.29) is 13.2 Å². The van der Waals surface area contributed by atoms with Crippen molar-refractivity contribution in [2.24, 2.45) is 0 Å². The normalized spacial score (nSPS) is 14.9. The van der Waals surface area contributed by atoms with Crippen LogP contribution in [0.4, 0.5) is 0 Å². The zero-order valence-corrected chi connectivity index (χ0v) is 11.8. The topological polar surface area (TPSA) is 105 Å². The molecule has 0 spiro atoms. The van der Waals surface area contributed by atoms with Gasteiger partial charge in [-0.1, -0.05) is 13.8 Å². The molecular weight excluding hydrogens is 256 g/mol. The minimum atomic E-state index is -1.08. The lowest BCUT2D eigenvalue weighted by molar-refractivity contribution is -0.535. The van der Waals surface area contributed by atoms with Crippen molar-refractivity contribution in [2.45, 2.75) is 58.4 Å². The number of nitro groups is 2. The molecule has 0 saturated heterocycles. The molecule has 112 valence electrons. The maximum Gasteiger partial charge on any atom is 0.235 e. The van der Waals surface area contributed by atoms with Gasteiger partial charge in [0.2, 0.25) is 12.1 Å². The van der Waals surface area contributed by atoms with Gasteiger partial charge in [0.25, 0.3) is 0 Å². The molecule has 8 heteroatoms. The third-order valence-electron chi connectivity index (χ3n) is 2.79. The Labute approximate surface area is 112 Å². The van der Waals surface area contributed by atoms with Gasteiger partial charge in [-0.05, 0) is 13.8 Å². The van der Waals surface area contributed by atoms with E-state index in [2.05, 4.69) is 0 Å². The van der Waals surface area contributed by atoms with E-state index in [0.29, 0.717) is 12.8 Å². The van der Waals surface area contributed by atoms with Crippen LogP contribution in [0.3, 0.4) is 0 Å². The summed E-state index contributed by atoms with van der Waals surface area (Å²) in [7, 11) is 0. The molecule has 0 aliphatic rings. The summed E-state index contributed by atoms with van der Waals surface area (Å²) >= 11 is 0. The van der Waals surface area contributed by atoms with E-state index in [9.17, 15) is 20.2 Å². The second-order valence-corrected chi connectivity index (χ2v) is 4.72. The molecule has 0 aromatic rings. The first kappa shape index (κ1) is 17.7. The smallest absolute Gasteiger partial charge is 0.235 e. The number of nitrogens with zero attached hydrogens (tertiary/aromatic N) is 2. The maximum atomic E-state index is 10.6. The average molecular weight is 278 g/mol. The molecular formula is C11H22N2O6. The van der Waals surface area contributed by atoms with Crippen molar-refractivity contribution in [1.82, 2.24) is 0 Å². The summed E-state index contributed by atoms with van der Waals surface area (Å²) in [5.41, 5.74) is 0. The van der Waals surface area contributed by atoms with Crippen LogP contribution in [-0.4, -0.2) is 40.9 Å². The molecule has 0 heterocycles. The summed E-state index contributed by atoms with van der Waals surface area (Å²) in [6.07, 6.45) is 0.713. The highest BCUT2D eigenvalue weighted by Crippen LogP contribution is 2.14. The highest BCUT2D eigenvalue weighted by molar-refractivity contribution is 4.61. The molecule has 0 rings (SSSR count). The van der Waals surface area contributed by atoms with E-state index >= 15 is 0 Å². The number of rotatable bonds is 10. The summed E-state index contributed by atoms with van der Waals surface area (Å²) in [4.78, 5) is 20.5. The van der Waals surface area contributed by atoms with Gasteiger partial charge in [-0.15, -0.1) is 0 Å². The Morgan fingerprint density at radius 2 is 1.26 bits per heavy atom. The standard InChI is InChI=1S/C11H22N2O6/c1-5-9(12(14)15)7-18-11(3,4)19-8-10(6-2)13(16)17/h9-10H,5-8H2,1-4H3. The molecule has 0 fully saturated rings. The van der Waals surface area contributed by atoms with E-state index in [1.165, 1.54) is 0 Å². The van der Waals surface area contributed by atoms with Gasteiger partial charge in [0.15, 0.2) is 5.79 Å². The van der Waals surface area contributed by atoms with Crippen LogP contribution in [0.1, 0.15) is 40.5 Å². The van der Waals surface area contributed by atoms with E-state index in [4.69, 9.17) is 9.47 Å². The molecule has 0 aliphatic heterocycles. The van der Waals surface area contributed by atoms with Crippen molar-refractivity contribution in [3.8, 4) is 0 Å². The maximum absolute atomic E-state index is 10.6. The molecule has 0 bridgehead atoms. The zero-order chi connectivity index (χ0) is 15.1. The van der Waals surface area contributed by atoms with Crippen LogP contribution < -0.4 is 0 Å². The lowest BCUT2D eigenvalue weighted by Gasteiger charge is -2.26. The van der Waals surface area contributed by atoms with Gasteiger partial charge in [-0.25, -0.2) is 0 Å². The largest absolute Gasteiger partial charge is 0.343 e. The number of hydrogen-bond acceptors (Lipinski definition) is 6. The fourth-order valence-corrected chi connectivity index (χ4v) is 1.29. The van der Waals surface area contributed by atoms with Gasteiger partial charge in [-0.3, -0.25) is 20.2 Å². The van der Waals surface area contributed by atoms with E-state index < -0.39 is 27.7 Å². The minimum absolute atomic E-state index is 0.0776. The first-order chi connectivity index (χ1) is 8.73. The predicted molar refractivity (Wildman–Crippen MR) is 68.1 cm³/mol. The summed E-state index contributed by atoms with van der Waals surface area (Å²) in [5, 5.41) is 21.3. The highest BCUT2D eigenvalue weighted by atomic mass is 16.7. The van der Waals surface area contributed by atoms with E-state index in [1.807, 2.05) is 0 Å². The van der Waals surface area contributed by atoms with Crippen molar-refractivity contribution in [2.75, 3.05) is 13.2 Å². The van der Waals surface area contributed by atoms with Gasteiger partial charge < -0.3 is 9.47 Å². The number of ether oxygens (including phenoxy) is 2. The third-order valence-corrected chi connectivity index (χ3v) is 2.79. The van der Waals surface area contributed by atoms with Crippen molar-refractivity contribution in [3.63, 3.8) is 0 Å². The molecule has 2 unspecified atom stereocenters. The average Bonchev–Trinajstić information content (AvgIpc) is 2.29. The van der Waals surface area contributed by atoms with Crippen molar-refractivity contribution < 1.29 is 19.3 Å². The Hall–Kier alpha value is -1.28. The van der Waals surface area contributed by atoms with Crippen LogP contribution in [0.15, 0.2) is 0 Å². The first-order valence-corrected chi connectivity index (χ1v) is 6.28. The van der Waals surface area contributed by atoms with Gasteiger partial charge in [0.05, 0.1) is 0 Å². The molecule has 0 N–H and O–H groups in total. The van der Waals surface area contributed by atoms with E-state index in [1.54, 1.807) is 27.7 Å². The summed E-state index contributed by atoms with van der Waals surface area (Å²) in [6.45, 7) is 6.42. The monoisotopic (exact) mass is 278 g/mol. The number of hydrogen-bond donors (Lipinski definition) is 0. The SMILES string of the molecule is CCC(COC(C)(C)OCC(CC)[N+](=O)[O-])[N+](=O)[O-]. The molecule has 2 atom stereocenters. The molecule has 0 aliphatic carbocycles. The van der Waals surface area contributed by atoms with Crippen molar-refractivity contribution >= 4 is 0 Å². The van der Waals surface area contributed by atoms with Crippen LogP contribution in [0.25, 0.3) is 0 Å². The Morgan fingerprint density at radius 3 is 1.47 bits per heavy atom. The van der Waals surface area contributed by atoms with E-state index in [0.717, 1.165) is 0 Å². The van der Waals surface area contributed by atoms with Crippen LogP contribution in [0.2, 0.25) is 0 Å². The first-order valence-electron chi connectivity index (χ1n) is 6.28. The molecule has 19 heavy (non-hydrogen) atoms. The molecule has 0 aromatic heterocycles. The van der Waals surface area contributed by atoms with Gasteiger partial charge in [0.1, 0.15) is 13.2 Å². The predicted octanol–water partition coefficient (Wildman–Crippen LogP) is 1.87. The molecule has 0 amide bonds. The fourth-order valence-electron chi connectivity index (χ4n) is 1.29. The van der Waals surface area contributed by atoms with Gasteiger partial charge in [0, 0.05) is 22.7 Å². The second-order valence-electron chi connectivity index (χ2n) is 4.72. The van der Waals surface area contributed by atoms with Crippen LogP contribution in [-0.2, 0) is 9.47 Å². The molecule has 0 saturated carbocycles. The van der Waals surface area contributed by atoms with Crippen LogP contribution >= 0.6 is 0 Å². The lowest BCUT2D eigenvalue weighted by Crippen LogP contribution is -2.38. The molecule has 8 nitrogen and oxygen atoms in total. The van der Waals surface area contributed by atoms with Crippen LogP contribution in [0.5, 0.6) is 0 Å². The molecule has 0 aromatic carbocycles. The van der Waals surface area contributed by atoms with Gasteiger partial charge in [-0.2, -0.15) is 0 Å². The Bertz CT molecular complexity index is 280. The van der Waals surface area contributed by atoms with Crippen molar-refractivity contribution in [3.05, 3.63) is 20.2 Å². The van der Waals surface area contributed by atoms with Crippen molar-refractivity contribution in [1.29, 1.82) is 0 Å². The quantitative estimate of drug-likeness (QED) is 0.343. The fraction of sp³-hybridized carbons (Fsp3) is 1.00. The Morgan fingerprint density at radius 1 is 0.947 bits per heavy atom. The summed E-state index contributed by atoms with van der Waals surface area (Å²) < 4.78 is 10.7. The molecule has 0 radical (unpaired) electrons. The Kier molecular flexibility index (Phi) is 7.47. The minimum Gasteiger partial charge on any atom is -0.343 e. The summed E-state index contributed by atoms with van der Waals surface area (Å²) in [6, 6.07) is -1.58. The third kappa shape index (κ3) is 7.02.